The van der Waals surface area contributed by atoms with Crippen molar-refractivity contribution in [2.75, 3.05) is 7.11 Å². The molecule has 0 fully saturated rings. The molecule has 1 rings (SSSR count). The minimum atomic E-state index is -1.27. The van der Waals surface area contributed by atoms with Crippen molar-refractivity contribution < 1.29 is 19.4 Å². The number of carbonyl (C=O) groups excluding carboxylic acids is 1. The van der Waals surface area contributed by atoms with Gasteiger partial charge in [-0.3, -0.25) is 4.79 Å². The molecule has 5 heteroatoms. The third-order valence-electron chi connectivity index (χ3n) is 2.96. The van der Waals surface area contributed by atoms with Crippen molar-refractivity contribution in [3.63, 3.8) is 0 Å². The highest BCUT2D eigenvalue weighted by atomic mass is 16.5. The van der Waals surface area contributed by atoms with E-state index in [-0.39, 0.29) is 0 Å². The van der Waals surface area contributed by atoms with E-state index < -0.39 is 17.4 Å². The average molecular weight is 265 g/mol. The van der Waals surface area contributed by atoms with E-state index in [4.69, 9.17) is 4.74 Å². The molecule has 0 saturated carbocycles. The Morgan fingerprint density at radius 3 is 2.53 bits per heavy atom. The van der Waals surface area contributed by atoms with Crippen LogP contribution in [-0.2, 0) is 4.79 Å². The number of carboxylic acids is 1. The Hall–Kier alpha value is -2.04. The van der Waals surface area contributed by atoms with Crippen LogP contribution in [0.1, 0.15) is 37.0 Å². The van der Waals surface area contributed by atoms with Gasteiger partial charge in [-0.15, -0.1) is 0 Å². The Morgan fingerprint density at radius 2 is 2.00 bits per heavy atom. The third kappa shape index (κ3) is 3.47. The summed E-state index contributed by atoms with van der Waals surface area (Å²) < 4.78 is 5.09. The van der Waals surface area contributed by atoms with Gasteiger partial charge in [-0.25, -0.2) is 4.79 Å². The summed E-state index contributed by atoms with van der Waals surface area (Å²) in [5.41, 5.74) is -0.944. The van der Waals surface area contributed by atoms with E-state index in [1.54, 1.807) is 24.3 Å². The van der Waals surface area contributed by atoms with Crippen molar-refractivity contribution >= 4 is 11.9 Å². The number of aliphatic carboxylic acids is 1. The first-order valence-electron chi connectivity index (χ1n) is 6.13. The number of carboxylic acid groups (broad SMARTS) is 1. The van der Waals surface area contributed by atoms with Crippen molar-refractivity contribution in [3.05, 3.63) is 29.8 Å². The summed E-state index contributed by atoms with van der Waals surface area (Å²) in [6.45, 7) is 3.38. The number of ether oxygens (including phenoxy) is 1. The van der Waals surface area contributed by atoms with Crippen LogP contribution in [0.15, 0.2) is 24.3 Å². The first kappa shape index (κ1) is 15.0. The second kappa shape index (κ2) is 6.22. The Bertz CT molecular complexity index is 472. The second-order valence-corrected chi connectivity index (χ2v) is 4.54. The number of rotatable bonds is 6. The molecule has 1 amide bonds. The summed E-state index contributed by atoms with van der Waals surface area (Å²) in [5.74, 6) is -1.07. The van der Waals surface area contributed by atoms with Crippen molar-refractivity contribution in [2.45, 2.75) is 32.2 Å². The van der Waals surface area contributed by atoms with E-state index in [1.165, 1.54) is 14.0 Å². The van der Waals surface area contributed by atoms with Gasteiger partial charge < -0.3 is 15.2 Å². The van der Waals surface area contributed by atoms with E-state index in [0.29, 0.717) is 24.2 Å². The molecule has 19 heavy (non-hydrogen) atoms. The molecule has 2 N–H and O–H groups in total. The van der Waals surface area contributed by atoms with Gasteiger partial charge in [0.1, 0.15) is 11.3 Å². The number of hydrogen-bond acceptors (Lipinski definition) is 3. The standard InChI is InChI=1S/C14H19NO4/c1-4-9-14(2,13(17)18)15-12(16)10-7-5-6-8-11(10)19-3/h5-8H,4,9H2,1-3H3,(H,15,16)(H,17,18). The fourth-order valence-corrected chi connectivity index (χ4v) is 1.87. The molecule has 0 spiro atoms. The van der Waals surface area contributed by atoms with Gasteiger partial charge in [0, 0.05) is 0 Å². The number of benzene rings is 1. The highest BCUT2D eigenvalue weighted by Gasteiger charge is 2.34. The molecule has 104 valence electrons. The number of para-hydroxylation sites is 1. The van der Waals surface area contributed by atoms with Gasteiger partial charge in [-0.2, -0.15) is 0 Å². The Kier molecular flexibility index (Phi) is 4.92. The molecule has 1 unspecified atom stereocenters. The molecule has 0 aliphatic heterocycles. The van der Waals surface area contributed by atoms with Crippen LogP contribution in [0, 0.1) is 0 Å². The van der Waals surface area contributed by atoms with E-state index in [2.05, 4.69) is 5.32 Å². The highest BCUT2D eigenvalue weighted by molar-refractivity contribution is 5.99. The van der Waals surface area contributed by atoms with Crippen molar-refractivity contribution in [2.24, 2.45) is 0 Å². The van der Waals surface area contributed by atoms with Gasteiger partial charge in [0.25, 0.3) is 5.91 Å². The molecule has 0 aliphatic carbocycles. The topological polar surface area (TPSA) is 75.6 Å². The van der Waals surface area contributed by atoms with Crippen molar-refractivity contribution in [3.8, 4) is 5.75 Å². The summed E-state index contributed by atoms with van der Waals surface area (Å²) in [4.78, 5) is 23.5. The fraction of sp³-hybridized carbons (Fsp3) is 0.429. The van der Waals surface area contributed by atoms with Crippen LogP contribution < -0.4 is 10.1 Å². The number of amides is 1. The smallest absolute Gasteiger partial charge is 0.329 e. The molecular weight excluding hydrogens is 246 g/mol. The SMILES string of the molecule is CCCC(C)(NC(=O)c1ccccc1OC)C(=O)O. The molecule has 0 heterocycles. The van der Waals surface area contributed by atoms with Crippen LogP contribution in [0.4, 0.5) is 0 Å². The molecule has 0 aliphatic rings. The van der Waals surface area contributed by atoms with E-state index >= 15 is 0 Å². The number of nitrogens with one attached hydrogen (secondary N) is 1. The maximum atomic E-state index is 12.2. The van der Waals surface area contributed by atoms with E-state index in [0.717, 1.165) is 0 Å². The maximum absolute atomic E-state index is 12.2. The van der Waals surface area contributed by atoms with E-state index in [9.17, 15) is 14.7 Å². The minimum absolute atomic E-state index is 0.327. The zero-order valence-electron chi connectivity index (χ0n) is 11.4. The van der Waals surface area contributed by atoms with Crippen LogP contribution >= 0.6 is 0 Å². The van der Waals surface area contributed by atoms with Crippen molar-refractivity contribution in [1.29, 1.82) is 0 Å². The van der Waals surface area contributed by atoms with Crippen LogP contribution in [0.25, 0.3) is 0 Å². The summed E-state index contributed by atoms with van der Waals surface area (Å²) in [6, 6.07) is 6.71. The molecule has 0 radical (unpaired) electrons. The van der Waals surface area contributed by atoms with Gasteiger partial charge in [-0.05, 0) is 25.5 Å². The lowest BCUT2D eigenvalue weighted by Crippen LogP contribution is -2.52. The third-order valence-corrected chi connectivity index (χ3v) is 2.96. The molecule has 0 bridgehead atoms. The zero-order chi connectivity index (χ0) is 14.5. The highest BCUT2D eigenvalue weighted by Crippen LogP contribution is 2.19. The first-order valence-corrected chi connectivity index (χ1v) is 6.13. The minimum Gasteiger partial charge on any atom is -0.496 e. The number of methoxy groups -OCH3 is 1. The largest absolute Gasteiger partial charge is 0.496 e. The van der Waals surface area contributed by atoms with Crippen LogP contribution in [0.3, 0.4) is 0 Å². The molecule has 1 aromatic rings. The van der Waals surface area contributed by atoms with Crippen LogP contribution in [-0.4, -0.2) is 29.6 Å². The monoisotopic (exact) mass is 265 g/mol. The zero-order valence-corrected chi connectivity index (χ0v) is 11.4. The summed E-state index contributed by atoms with van der Waals surface area (Å²) in [7, 11) is 1.47. The molecule has 0 saturated heterocycles. The fourth-order valence-electron chi connectivity index (χ4n) is 1.87. The molecular formula is C14H19NO4. The van der Waals surface area contributed by atoms with Gasteiger partial charge in [0.15, 0.2) is 0 Å². The lowest BCUT2D eigenvalue weighted by molar-refractivity contribution is -0.144. The molecule has 1 aromatic carbocycles. The summed E-state index contributed by atoms with van der Waals surface area (Å²) in [6.07, 6.45) is 1.03. The van der Waals surface area contributed by atoms with Gasteiger partial charge in [0.2, 0.25) is 0 Å². The van der Waals surface area contributed by atoms with Crippen LogP contribution in [0.5, 0.6) is 5.75 Å². The van der Waals surface area contributed by atoms with Gasteiger partial charge in [-0.1, -0.05) is 25.5 Å². The predicted octanol–water partition coefficient (Wildman–Crippen LogP) is 2.07. The van der Waals surface area contributed by atoms with Crippen molar-refractivity contribution in [1.82, 2.24) is 5.32 Å². The predicted molar refractivity (Wildman–Crippen MR) is 71.4 cm³/mol. The average Bonchev–Trinajstić information content (AvgIpc) is 2.38. The maximum Gasteiger partial charge on any atom is 0.329 e. The Morgan fingerprint density at radius 1 is 1.37 bits per heavy atom. The Labute approximate surface area is 112 Å². The quantitative estimate of drug-likeness (QED) is 0.825. The molecule has 5 nitrogen and oxygen atoms in total. The van der Waals surface area contributed by atoms with Crippen LogP contribution in [0.2, 0.25) is 0 Å². The number of hydrogen-bond donors (Lipinski definition) is 2. The van der Waals surface area contributed by atoms with E-state index in [1.807, 2.05) is 6.92 Å². The molecule has 0 aromatic heterocycles. The second-order valence-electron chi connectivity index (χ2n) is 4.54. The first-order chi connectivity index (χ1) is 8.94. The molecule has 1 atom stereocenters. The normalized spacial score (nSPS) is 13.4. The van der Waals surface area contributed by atoms with Gasteiger partial charge >= 0.3 is 5.97 Å². The lowest BCUT2D eigenvalue weighted by atomic mass is 9.95. The Balaban J connectivity index is 2.97. The number of carbonyl (C=O) groups is 2. The lowest BCUT2D eigenvalue weighted by Gasteiger charge is -2.26. The van der Waals surface area contributed by atoms with Gasteiger partial charge in [0.05, 0.1) is 12.7 Å². The summed E-state index contributed by atoms with van der Waals surface area (Å²) in [5, 5.41) is 11.8. The summed E-state index contributed by atoms with van der Waals surface area (Å²) >= 11 is 0.